The molecule has 48 valence electrons. The molecule has 0 N–H and O–H groups in total. The molecule has 0 bridgehead atoms. The number of carbonyl (C=O) groups is 1. The first-order chi connectivity index (χ1) is 4.20. The highest BCUT2D eigenvalue weighted by Crippen LogP contribution is 2.00. The maximum Gasteiger partial charge on any atom is 0.270 e. The zero-order chi connectivity index (χ0) is 6.85. The predicted octanol–water partition coefficient (Wildman–Crippen LogP) is 0.623. The number of hydrogen-bond acceptors (Lipinski definition) is 2. The van der Waals surface area contributed by atoms with Gasteiger partial charge in [0.1, 0.15) is 11.2 Å². The molecule has 1 aliphatic rings. The summed E-state index contributed by atoms with van der Waals surface area (Å²) in [5.74, 6) is -0.237. The largest absolute Gasteiger partial charge is 0.270 e. The fraction of sp³-hybridized carbons (Fsp3) is 0.400. The first kappa shape index (κ1) is 6.42. The Morgan fingerprint density at radius 2 is 2.44 bits per heavy atom. The van der Waals surface area contributed by atoms with E-state index < -0.39 is 6.04 Å². The van der Waals surface area contributed by atoms with Gasteiger partial charge >= 0.3 is 0 Å². The third kappa shape index (κ3) is 1.36. The molecule has 0 unspecified atom stereocenters. The fourth-order valence-corrected chi connectivity index (χ4v) is 0.693. The van der Waals surface area contributed by atoms with Crippen molar-refractivity contribution in [2.24, 2.45) is 9.98 Å². The van der Waals surface area contributed by atoms with Crippen molar-refractivity contribution in [3.63, 3.8) is 0 Å². The molecule has 0 saturated carbocycles. The van der Waals surface area contributed by atoms with Crippen LogP contribution in [0, 0.1) is 0 Å². The van der Waals surface area contributed by atoms with Crippen LogP contribution in [0.4, 0.5) is 0 Å². The summed E-state index contributed by atoms with van der Waals surface area (Å²) < 4.78 is 0. The Labute approximate surface area is 57.4 Å². The summed E-state index contributed by atoms with van der Waals surface area (Å²) in [6.07, 6.45) is 1.25. The van der Waals surface area contributed by atoms with E-state index in [1.54, 1.807) is 6.92 Å². The maximum absolute atomic E-state index is 10.6. The van der Waals surface area contributed by atoms with Crippen LogP contribution in [0.1, 0.15) is 6.92 Å². The quantitative estimate of drug-likeness (QED) is 0.492. The van der Waals surface area contributed by atoms with E-state index in [1.165, 1.54) is 6.21 Å². The molecule has 0 radical (unpaired) electrons. The number of carbonyl (C=O) groups excluding carboxylic acids is 1. The van der Waals surface area contributed by atoms with Gasteiger partial charge in [-0.1, -0.05) is 11.6 Å². The normalized spacial score (nSPS) is 26.2. The van der Waals surface area contributed by atoms with Crippen LogP contribution in [0.3, 0.4) is 0 Å². The lowest BCUT2D eigenvalue weighted by atomic mass is 10.3. The second kappa shape index (κ2) is 2.27. The third-order valence-electron chi connectivity index (χ3n) is 0.973. The van der Waals surface area contributed by atoms with Crippen molar-refractivity contribution in [1.82, 2.24) is 0 Å². The lowest BCUT2D eigenvalue weighted by Crippen LogP contribution is -2.18. The Bertz CT molecular complexity index is 197. The van der Waals surface area contributed by atoms with E-state index in [2.05, 4.69) is 9.98 Å². The van der Waals surface area contributed by atoms with Gasteiger partial charge in [0, 0.05) is 0 Å². The predicted molar refractivity (Wildman–Crippen MR) is 36.2 cm³/mol. The Balaban J connectivity index is 2.82. The molecule has 9 heavy (non-hydrogen) atoms. The zero-order valence-electron chi connectivity index (χ0n) is 4.84. The molecular formula is C5H5ClN2O. The van der Waals surface area contributed by atoms with E-state index in [4.69, 9.17) is 11.6 Å². The van der Waals surface area contributed by atoms with Crippen molar-refractivity contribution < 1.29 is 4.79 Å². The molecule has 0 aromatic rings. The second-order valence-corrected chi connectivity index (χ2v) is 2.11. The molecule has 0 saturated heterocycles. The molecule has 0 spiro atoms. The average molecular weight is 145 g/mol. The Kier molecular flexibility index (Phi) is 1.62. The summed E-state index contributed by atoms with van der Waals surface area (Å²) in [6.45, 7) is 1.65. The van der Waals surface area contributed by atoms with Gasteiger partial charge in [-0.3, -0.25) is 9.79 Å². The van der Waals surface area contributed by atoms with E-state index in [0.717, 1.165) is 0 Å². The molecule has 4 heteroatoms. The topological polar surface area (TPSA) is 41.8 Å². The minimum atomic E-state index is -0.400. The smallest absolute Gasteiger partial charge is 0.270 e. The van der Waals surface area contributed by atoms with E-state index in [9.17, 15) is 4.79 Å². The van der Waals surface area contributed by atoms with Crippen molar-refractivity contribution in [2.75, 3.05) is 0 Å². The summed E-state index contributed by atoms with van der Waals surface area (Å²) in [6, 6.07) is -0.400. The van der Waals surface area contributed by atoms with Crippen molar-refractivity contribution in [3.8, 4) is 0 Å². The Hall–Kier alpha value is -0.700. The van der Waals surface area contributed by atoms with Crippen molar-refractivity contribution in [2.45, 2.75) is 13.0 Å². The molecule has 1 heterocycles. The average Bonchev–Trinajstić information content (AvgIpc) is 1.80. The molecular weight excluding hydrogens is 140 g/mol. The van der Waals surface area contributed by atoms with Crippen LogP contribution in [0.25, 0.3) is 0 Å². The van der Waals surface area contributed by atoms with Gasteiger partial charge in [-0.15, -0.1) is 0 Å². The van der Waals surface area contributed by atoms with Crippen LogP contribution in [0.5, 0.6) is 0 Å². The maximum atomic E-state index is 10.6. The SMILES string of the molecule is C[C@@H]1N=C(Cl)C=NC1=O. The highest BCUT2D eigenvalue weighted by molar-refractivity contribution is 6.80. The highest BCUT2D eigenvalue weighted by Gasteiger charge is 2.13. The molecule has 1 rings (SSSR count). The molecule has 1 atom stereocenters. The van der Waals surface area contributed by atoms with Crippen molar-refractivity contribution in [3.05, 3.63) is 0 Å². The van der Waals surface area contributed by atoms with Crippen molar-refractivity contribution in [1.29, 1.82) is 0 Å². The van der Waals surface area contributed by atoms with Crippen LogP contribution in [-0.4, -0.2) is 23.3 Å². The minimum absolute atomic E-state index is 0.237. The minimum Gasteiger partial charge on any atom is -0.270 e. The monoisotopic (exact) mass is 144 g/mol. The summed E-state index contributed by atoms with van der Waals surface area (Å²) in [4.78, 5) is 17.8. The third-order valence-corrected chi connectivity index (χ3v) is 1.17. The van der Waals surface area contributed by atoms with E-state index in [1.807, 2.05) is 0 Å². The summed E-state index contributed by atoms with van der Waals surface area (Å²) in [5.41, 5.74) is 0. The Morgan fingerprint density at radius 1 is 1.78 bits per heavy atom. The lowest BCUT2D eigenvalue weighted by Gasteiger charge is -2.03. The first-order valence-electron chi connectivity index (χ1n) is 2.51. The summed E-state index contributed by atoms with van der Waals surface area (Å²) in [5, 5.41) is 0.294. The number of hydrogen-bond donors (Lipinski definition) is 0. The molecule has 0 fully saturated rings. The van der Waals surface area contributed by atoms with E-state index in [0.29, 0.717) is 5.17 Å². The fourth-order valence-electron chi connectivity index (χ4n) is 0.498. The van der Waals surface area contributed by atoms with Gasteiger partial charge in [0.15, 0.2) is 0 Å². The highest BCUT2D eigenvalue weighted by atomic mass is 35.5. The van der Waals surface area contributed by atoms with E-state index in [-0.39, 0.29) is 5.91 Å². The molecule has 1 aliphatic heterocycles. The first-order valence-corrected chi connectivity index (χ1v) is 2.89. The molecule has 1 amide bonds. The van der Waals surface area contributed by atoms with Gasteiger partial charge < -0.3 is 0 Å². The number of amides is 1. The Morgan fingerprint density at radius 3 is 2.89 bits per heavy atom. The van der Waals surface area contributed by atoms with Crippen LogP contribution >= 0.6 is 11.6 Å². The summed E-state index contributed by atoms with van der Waals surface area (Å²) >= 11 is 5.43. The van der Waals surface area contributed by atoms with Crippen LogP contribution in [-0.2, 0) is 4.79 Å². The molecule has 0 aromatic carbocycles. The van der Waals surface area contributed by atoms with Crippen LogP contribution in [0.2, 0.25) is 0 Å². The molecule has 0 aromatic heterocycles. The number of rotatable bonds is 0. The lowest BCUT2D eigenvalue weighted by molar-refractivity contribution is -0.118. The van der Waals surface area contributed by atoms with Gasteiger partial charge in [-0.25, -0.2) is 4.99 Å². The van der Waals surface area contributed by atoms with Gasteiger partial charge in [-0.2, -0.15) is 0 Å². The van der Waals surface area contributed by atoms with E-state index >= 15 is 0 Å². The van der Waals surface area contributed by atoms with Crippen LogP contribution < -0.4 is 0 Å². The molecule has 3 nitrogen and oxygen atoms in total. The van der Waals surface area contributed by atoms with Gasteiger partial charge in [0.05, 0.1) is 6.21 Å². The number of nitrogens with zero attached hydrogens (tertiary/aromatic N) is 2. The molecule has 0 aliphatic carbocycles. The second-order valence-electron chi connectivity index (χ2n) is 1.72. The van der Waals surface area contributed by atoms with Gasteiger partial charge in [-0.05, 0) is 6.92 Å². The van der Waals surface area contributed by atoms with Crippen LogP contribution in [0.15, 0.2) is 9.98 Å². The van der Waals surface area contributed by atoms with Crippen molar-refractivity contribution >= 4 is 28.9 Å². The number of aliphatic imine (C=N–C) groups is 2. The standard InChI is InChI=1S/C5H5ClN2O/c1-3-5(9)7-2-4(6)8-3/h2-3H,1H3/t3-/m0/s1. The number of halogens is 1. The van der Waals surface area contributed by atoms with Gasteiger partial charge in [0.25, 0.3) is 5.91 Å². The van der Waals surface area contributed by atoms with Gasteiger partial charge in [0.2, 0.25) is 0 Å². The summed E-state index contributed by atoms with van der Waals surface area (Å²) in [7, 11) is 0. The zero-order valence-corrected chi connectivity index (χ0v) is 5.59.